The predicted molar refractivity (Wildman–Crippen MR) is 88.6 cm³/mol. The average Bonchev–Trinajstić information content (AvgIpc) is 2.52. The predicted octanol–water partition coefficient (Wildman–Crippen LogP) is 2.63. The molecular formula is C16H20N4O4. The molecule has 0 aliphatic heterocycles. The van der Waals surface area contributed by atoms with E-state index in [0.29, 0.717) is 24.2 Å². The van der Waals surface area contributed by atoms with E-state index in [1.807, 2.05) is 13.8 Å². The zero-order valence-electron chi connectivity index (χ0n) is 13.6. The Kier molecular flexibility index (Phi) is 5.28. The lowest BCUT2D eigenvalue weighted by atomic mass is 9.72. The first-order chi connectivity index (χ1) is 11.3. The van der Waals surface area contributed by atoms with E-state index in [0.717, 1.165) is 6.42 Å². The van der Waals surface area contributed by atoms with E-state index in [1.54, 1.807) is 18.2 Å². The second-order valence-corrected chi connectivity index (χ2v) is 6.55. The van der Waals surface area contributed by atoms with E-state index in [9.17, 15) is 14.9 Å². The smallest absolute Gasteiger partial charge is 0.278 e. The number of rotatable bonds is 4. The van der Waals surface area contributed by atoms with Gasteiger partial charge in [0, 0.05) is 23.1 Å². The lowest BCUT2D eigenvalue weighted by Gasteiger charge is -2.32. The van der Waals surface area contributed by atoms with Gasteiger partial charge in [0.15, 0.2) is 5.71 Å². The third kappa shape index (κ3) is 4.37. The van der Waals surface area contributed by atoms with Crippen LogP contribution in [0.4, 0.5) is 5.82 Å². The molecule has 1 aliphatic rings. The molecule has 1 aromatic heterocycles. The van der Waals surface area contributed by atoms with E-state index in [4.69, 9.17) is 5.21 Å². The lowest BCUT2D eigenvalue weighted by molar-refractivity contribution is -0.515. The van der Waals surface area contributed by atoms with Crippen LogP contribution in [0.2, 0.25) is 0 Å². The summed E-state index contributed by atoms with van der Waals surface area (Å²) in [7, 11) is 0. The van der Waals surface area contributed by atoms with Crippen molar-refractivity contribution in [3.8, 4) is 0 Å². The Labute approximate surface area is 139 Å². The van der Waals surface area contributed by atoms with Crippen LogP contribution in [-0.2, 0) is 4.79 Å². The largest absolute Gasteiger partial charge is 0.410 e. The zero-order chi connectivity index (χ0) is 17.7. The molecule has 2 N–H and O–H groups in total. The minimum Gasteiger partial charge on any atom is -0.410 e. The van der Waals surface area contributed by atoms with E-state index in [2.05, 4.69) is 15.5 Å². The molecule has 0 radical (unpaired) electrons. The second kappa shape index (κ2) is 7.20. The summed E-state index contributed by atoms with van der Waals surface area (Å²) in [6, 6.07) is 4.12. The Morgan fingerprint density at radius 2 is 2.29 bits per heavy atom. The van der Waals surface area contributed by atoms with Gasteiger partial charge < -0.3 is 10.5 Å². The van der Waals surface area contributed by atoms with Gasteiger partial charge in [-0.15, -0.1) is 0 Å². The van der Waals surface area contributed by atoms with Crippen LogP contribution in [0.5, 0.6) is 0 Å². The number of hydrogen-bond donors (Lipinski definition) is 2. The van der Waals surface area contributed by atoms with Crippen molar-refractivity contribution in [2.75, 3.05) is 5.32 Å². The van der Waals surface area contributed by atoms with Crippen LogP contribution in [0, 0.1) is 15.5 Å². The monoisotopic (exact) mass is 332 g/mol. The highest BCUT2D eigenvalue weighted by Gasteiger charge is 2.37. The van der Waals surface area contributed by atoms with Crippen LogP contribution in [-0.4, -0.2) is 32.8 Å². The van der Waals surface area contributed by atoms with Gasteiger partial charge >= 0.3 is 0 Å². The molecule has 1 unspecified atom stereocenters. The number of carbonyl (C=O) groups is 1. The molecule has 0 bridgehead atoms. The van der Waals surface area contributed by atoms with Crippen molar-refractivity contribution >= 4 is 17.4 Å². The molecule has 128 valence electrons. The summed E-state index contributed by atoms with van der Waals surface area (Å²) in [5.41, 5.74) is 0.108. The van der Waals surface area contributed by atoms with E-state index >= 15 is 0 Å². The van der Waals surface area contributed by atoms with Gasteiger partial charge in [-0.3, -0.25) is 14.9 Å². The topological polar surface area (TPSA) is 118 Å². The number of aromatic nitrogens is 1. The number of nitrogens with zero attached hydrogens (tertiary/aromatic N) is 3. The lowest BCUT2D eigenvalue weighted by Crippen LogP contribution is -2.33. The van der Waals surface area contributed by atoms with Gasteiger partial charge in [0.05, 0.1) is 0 Å². The quantitative estimate of drug-likeness (QED) is 0.380. The fourth-order valence-electron chi connectivity index (χ4n) is 2.79. The number of nitrogens with one attached hydrogen (secondary N) is 1. The number of pyridine rings is 1. The SMILES string of the molecule is CC1(C)CCC([N+](=O)[O-])/C(=C/C(=N\O)C(=O)Nc2ccccn2)C1. The summed E-state index contributed by atoms with van der Waals surface area (Å²) in [5, 5.41) is 25.9. The van der Waals surface area contributed by atoms with Crippen molar-refractivity contribution in [2.45, 2.75) is 39.2 Å². The highest BCUT2D eigenvalue weighted by atomic mass is 16.6. The molecule has 0 aromatic carbocycles. The first-order valence-electron chi connectivity index (χ1n) is 7.61. The Bertz CT molecular complexity index is 683. The van der Waals surface area contributed by atoms with Crippen molar-refractivity contribution in [3.05, 3.63) is 46.2 Å². The van der Waals surface area contributed by atoms with Crippen LogP contribution < -0.4 is 5.32 Å². The summed E-state index contributed by atoms with van der Waals surface area (Å²) in [6.07, 6.45) is 4.41. The second-order valence-electron chi connectivity index (χ2n) is 6.55. The maximum atomic E-state index is 12.2. The fourth-order valence-corrected chi connectivity index (χ4v) is 2.79. The van der Waals surface area contributed by atoms with Crippen LogP contribution in [0.25, 0.3) is 0 Å². The molecule has 1 fully saturated rings. The normalized spacial score (nSPS) is 22.2. The van der Waals surface area contributed by atoms with Gasteiger partial charge in [-0.1, -0.05) is 25.1 Å². The third-order valence-corrected chi connectivity index (χ3v) is 4.03. The van der Waals surface area contributed by atoms with Gasteiger partial charge in [-0.2, -0.15) is 0 Å². The summed E-state index contributed by atoms with van der Waals surface area (Å²) in [6.45, 7) is 4.03. The molecule has 1 heterocycles. The van der Waals surface area contributed by atoms with Gasteiger partial charge in [0.25, 0.3) is 5.91 Å². The molecule has 1 amide bonds. The number of oxime groups is 1. The molecule has 8 heteroatoms. The molecule has 24 heavy (non-hydrogen) atoms. The third-order valence-electron chi connectivity index (χ3n) is 4.03. The minimum atomic E-state index is -0.863. The van der Waals surface area contributed by atoms with Gasteiger partial charge in [-0.25, -0.2) is 4.98 Å². The first kappa shape index (κ1) is 17.6. The number of hydrogen-bond acceptors (Lipinski definition) is 6. The highest BCUT2D eigenvalue weighted by Crippen LogP contribution is 2.39. The molecule has 1 atom stereocenters. The average molecular weight is 332 g/mol. The Balaban J connectivity index is 2.23. The zero-order valence-corrected chi connectivity index (χ0v) is 13.6. The number of amides is 1. The van der Waals surface area contributed by atoms with E-state index < -0.39 is 11.9 Å². The standard InChI is InChI=1S/C16H20N4O4/c1-16(2)7-6-13(20(23)24)11(10-16)9-12(19-22)15(21)18-14-5-3-4-8-17-14/h3-5,8-9,13,22H,6-7,10H2,1-2H3,(H,17,18,21)/b11-9+,19-12+. The number of carbonyl (C=O) groups excluding carboxylic acids is 1. The summed E-state index contributed by atoms with van der Waals surface area (Å²) in [5.74, 6) is -0.369. The number of nitro groups is 1. The van der Waals surface area contributed by atoms with Crippen molar-refractivity contribution in [2.24, 2.45) is 10.6 Å². The maximum Gasteiger partial charge on any atom is 0.278 e. The molecule has 1 aliphatic carbocycles. The van der Waals surface area contributed by atoms with E-state index in [1.165, 1.54) is 12.3 Å². The van der Waals surface area contributed by atoms with Crippen LogP contribution in [0.1, 0.15) is 33.1 Å². The molecule has 0 saturated heterocycles. The first-order valence-corrected chi connectivity index (χ1v) is 7.61. The Morgan fingerprint density at radius 1 is 1.54 bits per heavy atom. The maximum absolute atomic E-state index is 12.2. The van der Waals surface area contributed by atoms with Crippen LogP contribution in [0.3, 0.4) is 0 Å². The van der Waals surface area contributed by atoms with Gasteiger partial charge in [-0.05, 0) is 36.5 Å². The summed E-state index contributed by atoms with van der Waals surface area (Å²) < 4.78 is 0. The summed E-state index contributed by atoms with van der Waals surface area (Å²) in [4.78, 5) is 27.1. The van der Waals surface area contributed by atoms with Gasteiger partial charge in [0.1, 0.15) is 5.82 Å². The van der Waals surface area contributed by atoms with Gasteiger partial charge in [0.2, 0.25) is 6.04 Å². The van der Waals surface area contributed by atoms with E-state index in [-0.39, 0.29) is 16.0 Å². The molecule has 1 saturated carbocycles. The molecule has 2 rings (SSSR count). The Morgan fingerprint density at radius 3 is 2.88 bits per heavy atom. The molecular weight excluding hydrogens is 312 g/mol. The highest BCUT2D eigenvalue weighted by molar-refractivity contribution is 6.47. The van der Waals surface area contributed by atoms with Crippen molar-refractivity contribution < 1.29 is 14.9 Å². The van der Waals surface area contributed by atoms with Crippen molar-refractivity contribution in [1.82, 2.24) is 4.98 Å². The molecule has 1 aromatic rings. The Hall–Kier alpha value is -2.77. The fraction of sp³-hybridized carbons (Fsp3) is 0.438. The molecule has 8 nitrogen and oxygen atoms in total. The minimum absolute atomic E-state index is 0.101. The van der Waals surface area contributed by atoms with Crippen LogP contribution in [0.15, 0.2) is 41.2 Å². The number of anilines is 1. The van der Waals surface area contributed by atoms with Crippen LogP contribution >= 0.6 is 0 Å². The molecule has 0 spiro atoms. The van der Waals surface area contributed by atoms with Crippen molar-refractivity contribution in [1.29, 1.82) is 0 Å². The summed E-state index contributed by atoms with van der Waals surface area (Å²) >= 11 is 0. The van der Waals surface area contributed by atoms with Crippen molar-refractivity contribution in [3.63, 3.8) is 0 Å².